The zero-order valence-corrected chi connectivity index (χ0v) is 16.6. The first-order valence-electron chi connectivity index (χ1n) is 8.93. The fourth-order valence-corrected chi connectivity index (χ4v) is 3.17. The van der Waals surface area contributed by atoms with Gasteiger partial charge in [-0.2, -0.15) is 0 Å². The first kappa shape index (κ1) is 20.2. The average Bonchev–Trinajstić information content (AvgIpc) is 2.73. The van der Waals surface area contributed by atoms with E-state index in [0.717, 1.165) is 11.1 Å². The van der Waals surface area contributed by atoms with Gasteiger partial charge >= 0.3 is 5.97 Å². The predicted octanol–water partition coefficient (Wildman–Crippen LogP) is 2.55. The first-order valence-corrected chi connectivity index (χ1v) is 8.93. The van der Waals surface area contributed by atoms with Crippen LogP contribution in [0.1, 0.15) is 21.5 Å². The van der Waals surface area contributed by atoms with E-state index in [1.165, 1.54) is 27.4 Å². The maximum Gasteiger partial charge on any atom is 0.337 e. The Morgan fingerprint density at radius 3 is 2.41 bits per heavy atom. The highest BCUT2D eigenvalue weighted by atomic mass is 16.5. The molecule has 1 atom stereocenters. The highest BCUT2D eigenvalue weighted by Crippen LogP contribution is 2.37. The minimum atomic E-state index is -0.929. The molecule has 1 unspecified atom stereocenters. The SMILES string of the molecule is COC(=O)c1ccc(C)c(NC(=O)C2Cc3cc(OC)c(OC)cc3NC2=O)c1. The molecule has 1 aliphatic heterocycles. The number of methoxy groups -OCH3 is 3. The van der Waals surface area contributed by atoms with Gasteiger partial charge in [-0.15, -0.1) is 0 Å². The van der Waals surface area contributed by atoms with Crippen molar-refractivity contribution < 1.29 is 28.6 Å². The number of anilines is 2. The van der Waals surface area contributed by atoms with Gasteiger partial charge in [-0.1, -0.05) is 6.07 Å². The van der Waals surface area contributed by atoms with Crippen molar-refractivity contribution in [3.8, 4) is 11.5 Å². The zero-order valence-electron chi connectivity index (χ0n) is 16.6. The number of amides is 2. The largest absolute Gasteiger partial charge is 0.493 e. The second-order valence-electron chi connectivity index (χ2n) is 6.62. The summed E-state index contributed by atoms with van der Waals surface area (Å²) in [6.07, 6.45) is 0.211. The summed E-state index contributed by atoms with van der Waals surface area (Å²) in [6.45, 7) is 1.80. The smallest absolute Gasteiger partial charge is 0.337 e. The number of hydrogen-bond donors (Lipinski definition) is 2. The van der Waals surface area contributed by atoms with Crippen molar-refractivity contribution in [1.29, 1.82) is 0 Å². The molecule has 2 N–H and O–H groups in total. The van der Waals surface area contributed by atoms with Gasteiger partial charge in [-0.3, -0.25) is 9.59 Å². The Morgan fingerprint density at radius 2 is 1.76 bits per heavy atom. The summed E-state index contributed by atoms with van der Waals surface area (Å²) in [5.41, 5.74) is 2.87. The van der Waals surface area contributed by atoms with Gasteiger partial charge in [0.2, 0.25) is 11.8 Å². The zero-order chi connectivity index (χ0) is 21.1. The lowest BCUT2D eigenvalue weighted by atomic mass is 9.92. The second kappa shape index (κ2) is 8.22. The van der Waals surface area contributed by atoms with Crippen molar-refractivity contribution in [2.45, 2.75) is 13.3 Å². The third-order valence-electron chi connectivity index (χ3n) is 4.84. The van der Waals surface area contributed by atoms with E-state index in [2.05, 4.69) is 10.6 Å². The summed E-state index contributed by atoms with van der Waals surface area (Å²) in [5.74, 6) is -1.31. The number of nitrogens with one attached hydrogen (secondary N) is 2. The number of ether oxygens (including phenoxy) is 3. The van der Waals surface area contributed by atoms with Crippen molar-refractivity contribution >= 4 is 29.2 Å². The maximum atomic E-state index is 12.8. The van der Waals surface area contributed by atoms with Crippen LogP contribution in [0.5, 0.6) is 11.5 Å². The number of fused-ring (bicyclic) bond motifs is 1. The van der Waals surface area contributed by atoms with Crippen molar-refractivity contribution in [1.82, 2.24) is 0 Å². The Balaban J connectivity index is 1.84. The monoisotopic (exact) mass is 398 g/mol. The van der Waals surface area contributed by atoms with E-state index >= 15 is 0 Å². The van der Waals surface area contributed by atoms with Gasteiger partial charge in [-0.25, -0.2) is 4.79 Å². The van der Waals surface area contributed by atoms with Crippen molar-refractivity contribution in [3.63, 3.8) is 0 Å². The molecule has 0 spiro atoms. The van der Waals surface area contributed by atoms with Gasteiger partial charge in [0.25, 0.3) is 0 Å². The summed E-state index contributed by atoms with van der Waals surface area (Å²) in [7, 11) is 4.32. The molecule has 1 aliphatic rings. The summed E-state index contributed by atoms with van der Waals surface area (Å²) in [6, 6.07) is 8.26. The normalized spacial score (nSPS) is 15.0. The molecule has 29 heavy (non-hydrogen) atoms. The number of esters is 1. The fraction of sp³-hybridized carbons (Fsp3) is 0.286. The minimum absolute atomic E-state index is 0.211. The molecule has 3 rings (SSSR count). The van der Waals surface area contributed by atoms with Crippen LogP contribution in [0.2, 0.25) is 0 Å². The number of benzene rings is 2. The first-order chi connectivity index (χ1) is 13.9. The van der Waals surface area contributed by atoms with Crippen LogP contribution >= 0.6 is 0 Å². The third kappa shape index (κ3) is 4.01. The Bertz CT molecular complexity index is 985. The topological polar surface area (TPSA) is 103 Å². The Morgan fingerprint density at radius 1 is 1.07 bits per heavy atom. The Hall–Kier alpha value is -3.55. The minimum Gasteiger partial charge on any atom is -0.493 e. The van der Waals surface area contributed by atoms with E-state index in [-0.39, 0.29) is 6.42 Å². The molecular formula is C21H22N2O6. The van der Waals surface area contributed by atoms with Gasteiger partial charge < -0.3 is 24.8 Å². The Labute approximate surface area is 168 Å². The molecule has 0 aliphatic carbocycles. The predicted molar refractivity (Wildman–Crippen MR) is 107 cm³/mol. The highest BCUT2D eigenvalue weighted by molar-refractivity contribution is 6.13. The number of carbonyl (C=O) groups is 3. The number of rotatable bonds is 5. The van der Waals surface area contributed by atoms with Crippen LogP contribution in [0.3, 0.4) is 0 Å². The molecule has 0 saturated carbocycles. The van der Waals surface area contributed by atoms with Gasteiger partial charge in [0.05, 0.1) is 26.9 Å². The van der Waals surface area contributed by atoms with Gasteiger partial charge in [0, 0.05) is 17.4 Å². The molecule has 2 amide bonds. The van der Waals surface area contributed by atoms with E-state index in [0.29, 0.717) is 28.4 Å². The van der Waals surface area contributed by atoms with Crippen molar-refractivity contribution in [2.75, 3.05) is 32.0 Å². The molecule has 1 heterocycles. The van der Waals surface area contributed by atoms with Crippen LogP contribution in [-0.4, -0.2) is 39.1 Å². The molecular weight excluding hydrogens is 376 g/mol. The summed E-state index contributed by atoms with van der Waals surface area (Å²) in [5, 5.41) is 5.49. The number of hydrogen-bond acceptors (Lipinski definition) is 6. The van der Waals surface area contributed by atoms with Gasteiger partial charge in [0.15, 0.2) is 11.5 Å². The van der Waals surface area contributed by atoms with E-state index in [1.54, 1.807) is 31.2 Å². The van der Waals surface area contributed by atoms with Crippen molar-refractivity contribution in [3.05, 3.63) is 47.0 Å². The van der Waals surface area contributed by atoms with Crippen LogP contribution in [0.25, 0.3) is 0 Å². The molecule has 0 bridgehead atoms. The molecule has 0 radical (unpaired) electrons. The molecule has 8 heteroatoms. The highest BCUT2D eigenvalue weighted by Gasteiger charge is 2.33. The molecule has 2 aromatic rings. The Kier molecular flexibility index (Phi) is 5.72. The van der Waals surface area contributed by atoms with Gasteiger partial charge in [0.1, 0.15) is 5.92 Å². The van der Waals surface area contributed by atoms with E-state index in [9.17, 15) is 14.4 Å². The third-order valence-corrected chi connectivity index (χ3v) is 4.84. The molecule has 2 aromatic carbocycles. The maximum absolute atomic E-state index is 12.8. The summed E-state index contributed by atoms with van der Waals surface area (Å²) >= 11 is 0. The second-order valence-corrected chi connectivity index (χ2v) is 6.62. The van der Waals surface area contributed by atoms with Crippen LogP contribution in [0.4, 0.5) is 11.4 Å². The summed E-state index contributed by atoms with van der Waals surface area (Å²) in [4.78, 5) is 37.1. The quantitative estimate of drug-likeness (QED) is 0.593. The van der Waals surface area contributed by atoms with Crippen LogP contribution < -0.4 is 20.1 Å². The average molecular weight is 398 g/mol. The standard InChI is InChI=1S/C21H22N2O6/c1-11-5-6-12(21(26)29-4)8-15(11)22-19(24)14-7-13-9-17(27-2)18(28-3)10-16(13)23-20(14)25/h5-6,8-10,14H,7H2,1-4H3,(H,22,24)(H,23,25). The summed E-state index contributed by atoms with van der Waals surface area (Å²) < 4.78 is 15.3. The fourth-order valence-electron chi connectivity index (χ4n) is 3.17. The van der Waals surface area contributed by atoms with Crippen molar-refractivity contribution in [2.24, 2.45) is 5.92 Å². The lowest BCUT2D eigenvalue weighted by Crippen LogP contribution is -2.38. The van der Waals surface area contributed by atoms with Crippen LogP contribution in [0.15, 0.2) is 30.3 Å². The lowest BCUT2D eigenvalue weighted by Gasteiger charge is -2.25. The van der Waals surface area contributed by atoms with Gasteiger partial charge in [-0.05, 0) is 42.7 Å². The van der Waals surface area contributed by atoms with Crippen LogP contribution in [-0.2, 0) is 20.7 Å². The van der Waals surface area contributed by atoms with E-state index in [1.807, 2.05) is 0 Å². The lowest BCUT2D eigenvalue weighted by molar-refractivity contribution is -0.129. The molecule has 0 aromatic heterocycles. The molecule has 0 fully saturated rings. The molecule has 8 nitrogen and oxygen atoms in total. The number of carbonyl (C=O) groups excluding carboxylic acids is 3. The number of aryl methyl sites for hydroxylation is 1. The van der Waals surface area contributed by atoms with E-state index in [4.69, 9.17) is 14.2 Å². The molecule has 0 saturated heterocycles. The van der Waals surface area contributed by atoms with E-state index < -0.39 is 23.7 Å². The van der Waals surface area contributed by atoms with Crippen LogP contribution in [0, 0.1) is 12.8 Å². The molecule has 152 valence electrons.